The monoisotopic (exact) mass is 346 g/mol. The van der Waals surface area contributed by atoms with Gasteiger partial charge < -0.3 is 9.84 Å². The highest BCUT2D eigenvalue weighted by molar-refractivity contribution is 5.90. The first-order valence-corrected chi connectivity index (χ1v) is 8.22. The van der Waals surface area contributed by atoms with Crippen LogP contribution in [0.4, 0.5) is 0 Å². The Kier molecular flexibility index (Phi) is 5.13. The lowest BCUT2D eigenvalue weighted by Gasteiger charge is -2.21. The van der Waals surface area contributed by atoms with Crippen LogP contribution < -0.4 is 4.74 Å². The molecule has 26 heavy (non-hydrogen) atoms. The Labute approximate surface area is 151 Å². The SMILES string of the molecule is CC(=O)Oc1ccc(C(c2ccccc2)c2ccccc2C(=O)O)cc1. The number of rotatable bonds is 5. The molecule has 4 heteroatoms. The second kappa shape index (κ2) is 7.66. The van der Waals surface area contributed by atoms with Gasteiger partial charge in [-0.1, -0.05) is 60.7 Å². The van der Waals surface area contributed by atoms with Gasteiger partial charge in [0.25, 0.3) is 0 Å². The van der Waals surface area contributed by atoms with Crippen LogP contribution in [-0.2, 0) is 4.79 Å². The average molecular weight is 346 g/mol. The van der Waals surface area contributed by atoms with Gasteiger partial charge in [-0.05, 0) is 34.9 Å². The predicted octanol–water partition coefficient (Wildman–Crippen LogP) is 4.49. The van der Waals surface area contributed by atoms with Crippen molar-refractivity contribution in [3.8, 4) is 5.75 Å². The van der Waals surface area contributed by atoms with Gasteiger partial charge in [0.2, 0.25) is 0 Å². The van der Waals surface area contributed by atoms with Crippen molar-refractivity contribution >= 4 is 11.9 Å². The lowest BCUT2D eigenvalue weighted by atomic mass is 9.83. The normalized spacial score (nSPS) is 11.6. The smallest absolute Gasteiger partial charge is 0.335 e. The average Bonchev–Trinajstić information content (AvgIpc) is 2.64. The Morgan fingerprint density at radius 2 is 1.38 bits per heavy atom. The Morgan fingerprint density at radius 1 is 0.808 bits per heavy atom. The van der Waals surface area contributed by atoms with Crippen LogP contribution in [0, 0.1) is 0 Å². The van der Waals surface area contributed by atoms with Gasteiger partial charge in [0.05, 0.1) is 5.56 Å². The first kappa shape index (κ1) is 17.4. The number of esters is 1. The molecule has 0 amide bonds. The first-order chi connectivity index (χ1) is 12.6. The summed E-state index contributed by atoms with van der Waals surface area (Å²) in [4.78, 5) is 22.8. The standard InChI is InChI=1S/C22H18O4/c1-15(23)26-18-13-11-17(12-14-18)21(16-7-3-2-4-8-16)19-9-5-6-10-20(19)22(24)25/h2-14,21H,1H3,(H,24,25). The highest BCUT2D eigenvalue weighted by atomic mass is 16.5. The molecule has 0 saturated carbocycles. The third-order valence-corrected chi connectivity index (χ3v) is 4.11. The number of carbonyl (C=O) groups excluding carboxylic acids is 1. The summed E-state index contributed by atoms with van der Waals surface area (Å²) in [5, 5.41) is 9.59. The Balaban J connectivity index is 2.11. The minimum Gasteiger partial charge on any atom is -0.478 e. The molecule has 3 rings (SSSR count). The van der Waals surface area contributed by atoms with Crippen molar-refractivity contribution in [2.24, 2.45) is 0 Å². The summed E-state index contributed by atoms with van der Waals surface area (Å²) in [6.45, 7) is 1.35. The van der Waals surface area contributed by atoms with Crippen LogP contribution in [-0.4, -0.2) is 17.0 Å². The van der Waals surface area contributed by atoms with Crippen molar-refractivity contribution in [3.05, 3.63) is 101 Å². The number of carbonyl (C=O) groups is 2. The van der Waals surface area contributed by atoms with E-state index in [1.807, 2.05) is 54.6 Å². The number of hydrogen-bond acceptors (Lipinski definition) is 3. The quantitative estimate of drug-likeness (QED) is 0.420. The van der Waals surface area contributed by atoms with Gasteiger partial charge in [-0.2, -0.15) is 0 Å². The minimum atomic E-state index is -0.960. The van der Waals surface area contributed by atoms with Crippen LogP contribution in [0.15, 0.2) is 78.9 Å². The van der Waals surface area contributed by atoms with Crippen molar-refractivity contribution < 1.29 is 19.4 Å². The number of carboxylic acids is 1. The molecule has 0 heterocycles. The summed E-state index contributed by atoms with van der Waals surface area (Å²) >= 11 is 0. The molecule has 0 aliphatic carbocycles. The molecule has 0 aliphatic heterocycles. The number of aromatic carboxylic acids is 1. The number of ether oxygens (including phenoxy) is 1. The summed E-state index contributed by atoms with van der Waals surface area (Å²) in [5.74, 6) is -1.12. The zero-order chi connectivity index (χ0) is 18.5. The van der Waals surface area contributed by atoms with E-state index in [-0.39, 0.29) is 17.5 Å². The topological polar surface area (TPSA) is 63.6 Å². The maximum Gasteiger partial charge on any atom is 0.335 e. The fourth-order valence-corrected chi connectivity index (χ4v) is 3.03. The molecule has 3 aromatic rings. The Hall–Kier alpha value is -3.40. The largest absolute Gasteiger partial charge is 0.478 e. The fourth-order valence-electron chi connectivity index (χ4n) is 3.03. The summed E-state index contributed by atoms with van der Waals surface area (Å²) in [6.07, 6.45) is 0. The van der Waals surface area contributed by atoms with Gasteiger partial charge in [-0.15, -0.1) is 0 Å². The molecule has 3 aromatic carbocycles. The zero-order valence-corrected chi connectivity index (χ0v) is 14.3. The molecule has 0 fully saturated rings. The lowest BCUT2D eigenvalue weighted by molar-refractivity contribution is -0.131. The van der Waals surface area contributed by atoms with E-state index < -0.39 is 5.97 Å². The maximum absolute atomic E-state index is 11.7. The van der Waals surface area contributed by atoms with Gasteiger partial charge in [0.15, 0.2) is 0 Å². The third-order valence-electron chi connectivity index (χ3n) is 4.11. The summed E-state index contributed by atoms with van der Waals surface area (Å²) in [7, 11) is 0. The molecule has 0 bridgehead atoms. The molecule has 0 saturated heterocycles. The molecule has 0 radical (unpaired) electrons. The zero-order valence-electron chi connectivity index (χ0n) is 14.3. The van der Waals surface area contributed by atoms with Gasteiger partial charge >= 0.3 is 11.9 Å². The van der Waals surface area contributed by atoms with Gasteiger partial charge in [0, 0.05) is 12.8 Å². The van der Waals surface area contributed by atoms with E-state index in [9.17, 15) is 14.7 Å². The summed E-state index contributed by atoms with van der Waals surface area (Å²) < 4.78 is 5.09. The van der Waals surface area contributed by atoms with Crippen LogP contribution in [0.2, 0.25) is 0 Å². The van der Waals surface area contributed by atoms with Crippen LogP contribution in [0.1, 0.15) is 39.9 Å². The van der Waals surface area contributed by atoms with E-state index in [1.54, 1.807) is 24.3 Å². The van der Waals surface area contributed by atoms with Crippen LogP contribution >= 0.6 is 0 Å². The molecule has 1 atom stereocenters. The molecule has 4 nitrogen and oxygen atoms in total. The fraction of sp³-hybridized carbons (Fsp3) is 0.0909. The molecule has 0 spiro atoms. The van der Waals surface area contributed by atoms with Gasteiger partial charge in [-0.25, -0.2) is 4.79 Å². The molecular weight excluding hydrogens is 328 g/mol. The van der Waals surface area contributed by atoms with Crippen molar-refractivity contribution in [1.82, 2.24) is 0 Å². The predicted molar refractivity (Wildman–Crippen MR) is 98.5 cm³/mol. The summed E-state index contributed by atoms with van der Waals surface area (Å²) in [6, 6.07) is 23.9. The van der Waals surface area contributed by atoms with E-state index in [0.717, 1.165) is 11.1 Å². The highest BCUT2D eigenvalue weighted by Crippen LogP contribution is 2.34. The third kappa shape index (κ3) is 3.81. The van der Waals surface area contributed by atoms with E-state index in [4.69, 9.17) is 4.74 Å². The van der Waals surface area contributed by atoms with Gasteiger partial charge in [-0.3, -0.25) is 4.79 Å². The minimum absolute atomic E-state index is 0.241. The maximum atomic E-state index is 11.7. The molecule has 0 aliphatic rings. The molecule has 0 aromatic heterocycles. The van der Waals surface area contributed by atoms with Crippen LogP contribution in [0.3, 0.4) is 0 Å². The first-order valence-electron chi connectivity index (χ1n) is 8.22. The van der Waals surface area contributed by atoms with Crippen LogP contribution in [0.25, 0.3) is 0 Å². The number of carboxylic acid groups (broad SMARTS) is 1. The second-order valence-corrected chi connectivity index (χ2v) is 5.90. The second-order valence-electron chi connectivity index (χ2n) is 5.90. The lowest BCUT2D eigenvalue weighted by Crippen LogP contribution is -2.10. The molecule has 130 valence electrons. The summed E-state index contributed by atoms with van der Waals surface area (Å²) in [5.41, 5.74) is 2.89. The van der Waals surface area contributed by atoms with Gasteiger partial charge in [0.1, 0.15) is 5.75 Å². The molecule has 1 N–H and O–H groups in total. The van der Waals surface area contributed by atoms with Crippen molar-refractivity contribution in [2.45, 2.75) is 12.8 Å². The van der Waals surface area contributed by atoms with Crippen molar-refractivity contribution in [2.75, 3.05) is 0 Å². The number of hydrogen-bond donors (Lipinski definition) is 1. The van der Waals surface area contributed by atoms with E-state index in [1.165, 1.54) is 6.92 Å². The van der Waals surface area contributed by atoms with E-state index >= 15 is 0 Å². The molecule has 1 unspecified atom stereocenters. The van der Waals surface area contributed by atoms with E-state index in [0.29, 0.717) is 11.3 Å². The highest BCUT2D eigenvalue weighted by Gasteiger charge is 2.22. The molecular formula is C22H18O4. The van der Waals surface area contributed by atoms with Crippen LogP contribution in [0.5, 0.6) is 5.75 Å². The Morgan fingerprint density at radius 3 is 2.00 bits per heavy atom. The van der Waals surface area contributed by atoms with Crippen molar-refractivity contribution in [3.63, 3.8) is 0 Å². The number of benzene rings is 3. The van der Waals surface area contributed by atoms with Crippen molar-refractivity contribution in [1.29, 1.82) is 0 Å². The Bertz CT molecular complexity index is 914. The van der Waals surface area contributed by atoms with E-state index in [2.05, 4.69) is 0 Å².